The Bertz CT molecular complexity index is 533. The van der Waals surface area contributed by atoms with Crippen LogP contribution < -0.4 is 6.15 Å². The van der Waals surface area contributed by atoms with Crippen molar-refractivity contribution in [2.45, 2.75) is 140 Å². The molecule has 0 radical (unpaired) electrons. The zero-order valence-electron chi connectivity index (χ0n) is 26.4. The number of hydrogen-bond donors (Lipinski definition) is 2. The number of rotatable bonds is 19. The van der Waals surface area contributed by atoms with E-state index in [1.54, 1.807) is 0 Å². The first kappa shape index (κ1) is 38.8. The molecule has 0 aromatic carbocycles. The highest BCUT2D eigenvalue weighted by molar-refractivity contribution is 6.82. The van der Waals surface area contributed by atoms with Gasteiger partial charge in [-0.1, -0.05) is 109 Å². The van der Waals surface area contributed by atoms with Gasteiger partial charge in [0.15, 0.2) is 0 Å². The summed E-state index contributed by atoms with van der Waals surface area (Å²) < 4.78 is 16.2. The van der Waals surface area contributed by atoms with Gasteiger partial charge in [-0.05, 0) is 19.3 Å². The van der Waals surface area contributed by atoms with Crippen molar-refractivity contribution in [2.24, 2.45) is 0 Å². The van der Waals surface area contributed by atoms with Crippen LogP contribution >= 0.6 is 0 Å². The first-order valence-electron chi connectivity index (χ1n) is 14.4. The lowest BCUT2D eigenvalue weighted by atomic mass is 10.3. The Morgan fingerprint density at radius 1 is 0.722 bits per heavy atom. The Kier molecular flexibility index (Phi) is 20.3. The third-order valence-corrected chi connectivity index (χ3v) is 18.0. The van der Waals surface area contributed by atoms with E-state index in [4.69, 9.17) is 14.2 Å². The minimum atomic E-state index is -1.01. The SMILES string of the molecule is CCC(O)COCCC[Si](C)(C)CC[Si](C)(C)C.C[Si](C)(C)CC[Si](C)(C)CCCOCC1CO1.N. The highest BCUT2D eigenvalue weighted by Crippen LogP contribution is 2.25. The Morgan fingerprint density at radius 3 is 1.50 bits per heavy atom. The average Bonchev–Trinajstić information content (AvgIpc) is 3.54. The summed E-state index contributed by atoms with van der Waals surface area (Å²) in [6, 6.07) is 8.74. The van der Waals surface area contributed by atoms with E-state index in [0.29, 0.717) is 12.7 Å². The first-order chi connectivity index (χ1) is 15.9. The van der Waals surface area contributed by atoms with Crippen molar-refractivity contribution in [3.8, 4) is 0 Å². The molecule has 9 heteroatoms. The zero-order valence-corrected chi connectivity index (χ0v) is 30.4. The van der Waals surface area contributed by atoms with E-state index in [-0.39, 0.29) is 12.3 Å². The van der Waals surface area contributed by atoms with Crippen molar-refractivity contribution in [3.63, 3.8) is 0 Å². The lowest BCUT2D eigenvalue weighted by Crippen LogP contribution is -2.30. The van der Waals surface area contributed by atoms with Crippen molar-refractivity contribution in [1.29, 1.82) is 0 Å². The highest BCUT2D eigenvalue weighted by atomic mass is 28.3. The van der Waals surface area contributed by atoms with Gasteiger partial charge >= 0.3 is 0 Å². The monoisotopic (exact) mass is 581 g/mol. The van der Waals surface area contributed by atoms with Gasteiger partial charge in [0.1, 0.15) is 6.10 Å². The van der Waals surface area contributed by atoms with Crippen LogP contribution in [-0.2, 0) is 14.2 Å². The van der Waals surface area contributed by atoms with Crippen molar-refractivity contribution in [3.05, 3.63) is 0 Å². The van der Waals surface area contributed by atoms with Crippen LogP contribution in [0, 0.1) is 0 Å². The lowest BCUT2D eigenvalue weighted by Gasteiger charge is -2.26. The van der Waals surface area contributed by atoms with Gasteiger partial charge in [-0.15, -0.1) is 0 Å². The van der Waals surface area contributed by atoms with E-state index in [2.05, 4.69) is 65.5 Å². The van der Waals surface area contributed by atoms with Gasteiger partial charge in [0.25, 0.3) is 0 Å². The topological polar surface area (TPSA) is 86.2 Å². The van der Waals surface area contributed by atoms with Crippen LogP contribution in [0.3, 0.4) is 0 Å². The Morgan fingerprint density at radius 2 is 1.14 bits per heavy atom. The Balaban J connectivity index is 0. The third kappa shape index (κ3) is 27.7. The van der Waals surface area contributed by atoms with E-state index in [0.717, 1.165) is 32.8 Å². The van der Waals surface area contributed by atoms with E-state index in [9.17, 15) is 5.11 Å². The molecule has 36 heavy (non-hydrogen) atoms. The lowest BCUT2D eigenvalue weighted by molar-refractivity contribution is 0.0353. The maximum absolute atomic E-state index is 9.38. The van der Waals surface area contributed by atoms with Gasteiger partial charge < -0.3 is 25.5 Å². The van der Waals surface area contributed by atoms with Crippen molar-refractivity contribution >= 4 is 32.3 Å². The summed E-state index contributed by atoms with van der Waals surface area (Å²) in [6.07, 6.45) is 3.35. The van der Waals surface area contributed by atoms with Gasteiger partial charge in [0.2, 0.25) is 0 Å². The van der Waals surface area contributed by atoms with E-state index < -0.39 is 32.3 Å². The Hall–Kier alpha value is 0.668. The molecule has 0 aromatic rings. The third-order valence-electron chi connectivity index (χ3n) is 6.88. The molecule has 1 aliphatic heterocycles. The molecule has 0 aliphatic carbocycles. The van der Waals surface area contributed by atoms with Gasteiger partial charge in [0.05, 0.1) is 25.9 Å². The molecule has 1 aliphatic rings. The maximum Gasteiger partial charge on any atom is 0.104 e. The number of aliphatic hydroxyl groups excluding tert-OH is 1. The number of ether oxygens (including phenoxy) is 3. The van der Waals surface area contributed by atoms with E-state index >= 15 is 0 Å². The van der Waals surface area contributed by atoms with E-state index in [1.807, 2.05) is 6.92 Å². The molecule has 1 rings (SSSR count). The fourth-order valence-corrected chi connectivity index (χ4v) is 17.8. The summed E-state index contributed by atoms with van der Waals surface area (Å²) >= 11 is 0. The van der Waals surface area contributed by atoms with Crippen LogP contribution in [0.25, 0.3) is 0 Å². The quantitative estimate of drug-likeness (QED) is 0.0911. The fraction of sp³-hybridized carbons (Fsp3) is 1.00. The van der Waals surface area contributed by atoms with Crippen molar-refractivity contribution in [2.75, 3.05) is 33.0 Å². The molecule has 1 heterocycles. The van der Waals surface area contributed by atoms with Gasteiger partial charge in [0, 0.05) is 45.5 Å². The minimum Gasteiger partial charge on any atom is -0.391 e. The van der Waals surface area contributed by atoms with Gasteiger partial charge in [-0.25, -0.2) is 0 Å². The second-order valence-electron chi connectivity index (χ2n) is 14.8. The molecule has 0 aromatic heterocycles. The van der Waals surface area contributed by atoms with Crippen LogP contribution in [0.4, 0.5) is 0 Å². The number of aliphatic hydroxyl groups is 1. The van der Waals surface area contributed by atoms with E-state index in [1.165, 1.54) is 49.1 Å². The predicted molar refractivity (Wildman–Crippen MR) is 172 cm³/mol. The molecule has 0 saturated carbocycles. The predicted octanol–water partition coefficient (Wildman–Crippen LogP) is 8.21. The second-order valence-corrected chi connectivity index (χ2v) is 36.7. The zero-order chi connectivity index (χ0) is 27.2. The van der Waals surface area contributed by atoms with Gasteiger partial charge in [-0.2, -0.15) is 0 Å². The normalized spacial score (nSPS) is 17.2. The molecule has 2 atom stereocenters. The molecule has 0 bridgehead atoms. The van der Waals surface area contributed by atoms with Crippen LogP contribution in [-0.4, -0.2) is 82.6 Å². The first-order valence-corrected chi connectivity index (χ1v) is 28.6. The molecule has 5 nitrogen and oxygen atoms in total. The summed E-state index contributed by atoms with van der Waals surface area (Å²) in [7, 11) is -3.67. The summed E-state index contributed by atoms with van der Waals surface area (Å²) in [5, 5.41) is 9.38. The molecule has 0 amide bonds. The maximum atomic E-state index is 9.38. The molecule has 1 fully saturated rings. The molecular formula is C27H67NO4Si4. The largest absolute Gasteiger partial charge is 0.391 e. The molecule has 2 unspecified atom stereocenters. The molecule has 4 N–H and O–H groups in total. The average molecular weight is 582 g/mol. The van der Waals surface area contributed by atoms with Crippen LogP contribution in [0.1, 0.15) is 26.2 Å². The molecule has 1 saturated heterocycles. The van der Waals surface area contributed by atoms with Crippen LogP contribution in [0.15, 0.2) is 0 Å². The molecule has 0 spiro atoms. The standard InChI is InChI=1S/C14H34O2Si2.C13H30O2Si2.H3N/c1-7-14(15)13-16-9-8-10-18(5,6)12-11-17(2,3)4;1-16(2,3)9-10-17(4,5)8-6-7-14-11-13-12-15-13;/h14-15H,7-13H2,1-6H3;13H,6-12H2,1-5H3;1H3. The fourth-order valence-electron chi connectivity index (χ4n) is 3.70. The van der Waals surface area contributed by atoms with Crippen LogP contribution in [0.2, 0.25) is 102 Å². The van der Waals surface area contributed by atoms with Crippen LogP contribution in [0.5, 0.6) is 0 Å². The summed E-state index contributed by atoms with van der Waals surface area (Å²) in [5.41, 5.74) is 0. The number of hydrogen-bond acceptors (Lipinski definition) is 5. The van der Waals surface area contributed by atoms with Crippen molar-refractivity contribution in [1.82, 2.24) is 6.15 Å². The highest BCUT2D eigenvalue weighted by Gasteiger charge is 2.25. The van der Waals surface area contributed by atoms with Gasteiger partial charge in [-0.3, -0.25) is 0 Å². The molecule has 220 valence electrons. The van der Waals surface area contributed by atoms with Crippen molar-refractivity contribution < 1.29 is 19.3 Å². The molecular weight excluding hydrogens is 515 g/mol. The summed E-state index contributed by atoms with van der Waals surface area (Å²) in [6.45, 7) is 30.9. The number of epoxide rings is 1. The Labute approximate surface area is 230 Å². The minimum absolute atomic E-state index is 0. The summed E-state index contributed by atoms with van der Waals surface area (Å²) in [4.78, 5) is 0. The second kappa shape index (κ2) is 18.9. The smallest absolute Gasteiger partial charge is 0.104 e. The summed E-state index contributed by atoms with van der Waals surface area (Å²) in [5.74, 6) is 0.